The second kappa shape index (κ2) is 48.2. The molecule has 4 saturated heterocycles. The largest absolute Gasteiger partial charge is 0.497 e. The number of aryl methyl sites for hydroxylation is 9. The van der Waals surface area contributed by atoms with Gasteiger partial charge in [0.1, 0.15) is 102 Å². The van der Waals surface area contributed by atoms with Crippen molar-refractivity contribution in [1.82, 2.24) is 104 Å². The number of nitrogens with zero attached hydrogens (tertiary/aromatic N) is 25. The molecule has 0 radical (unpaired) electrons. The maximum absolute atomic E-state index is 13.8. The monoisotopic (exact) mass is 1880 g/mol. The first-order valence-corrected chi connectivity index (χ1v) is 47.6. The number of carbonyl (C=O) groups is 4. The molecule has 0 unspecified atom stereocenters. The first kappa shape index (κ1) is 101. The lowest BCUT2D eigenvalue weighted by molar-refractivity contribution is -0.133. The predicted molar refractivity (Wildman–Crippen MR) is 521 cm³/mol. The normalized spacial score (nSPS) is 14.1. The van der Waals surface area contributed by atoms with E-state index < -0.39 is 0 Å². The standard InChI is InChI=1S/2C26H33FN6O2.C26H33FN6O.C24H30FN7O/c1-18(2)5-8-23-29-26(20-6-7-22(27)19(3)15-20)30-33(23)17-25(34)32-13-11-31(12-14-32)24-16-21(35-4)9-10-28-24;1-4-5-6-7-23-29-26(20-8-9-22(27)19(2)16-20)30-33(23)18-25(34)32-14-12-31(13-15-32)24-17-21(35-3)10-11-28-24;1-18(2)5-8-23-29-26(21-6-7-22(27)20(4)16-21)30-33(23)17-25(34)32-13-11-31(12-14-32)24-15-19(3)9-10-28-24;1-17(2)5-8-21-28-23(19-6-7-20(25)18(3)15-19)29-32(21)16-22(33)30-11-13-31(14-12-30)24-26-9-4-10-27-24/h6-7,9-10,15-16,18H,5,8,11-14,17H2,1-4H3;8-11,16-17H,4-7,12-15,18H2,1-3H3;6-7,9-10,15-16,18H,5,8,11-14,17H2,1-4H3;4,6-7,9-10,15,17H,5,8,11-14,16H2,1-3H3. The van der Waals surface area contributed by atoms with Crippen LogP contribution in [0.4, 0.5) is 41.0 Å². The maximum atomic E-state index is 13.8. The Morgan fingerprint density at radius 3 is 0.898 bits per heavy atom. The second-order valence-electron chi connectivity index (χ2n) is 36.5. The van der Waals surface area contributed by atoms with Gasteiger partial charge in [0.05, 0.1) is 14.2 Å². The van der Waals surface area contributed by atoms with Crippen LogP contribution in [0.2, 0.25) is 0 Å². The molecule has 0 atom stereocenters. The summed E-state index contributed by atoms with van der Waals surface area (Å²) in [4.78, 5) is 109. The number of hydrogen-bond donors (Lipinski definition) is 0. The van der Waals surface area contributed by atoms with Crippen molar-refractivity contribution >= 4 is 47.0 Å². The van der Waals surface area contributed by atoms with Crippen molar-refractivity contribution in [2.45, 2.75) is 173 Å². The molecule has 0 aliphatic carbocycles. The molecule has 0 N–H and O–H groups in total. The summed E-state index contributed by atoms with van der Waals surface area (Å²) >= 11 is 0. The summed E-state index contributed by atoms with van der Waals surface area (Å²) in [5, 5.41) is 18.6. The van der Waals surface area contributed by atoms with Crippen LogP contribution in [0.1, 0.15) is 138 Å². The van der Waals surface area contributed by atoms with Crippen LogP contribution in [-0.2, 0) is 71.0 Å². The lowest BCUT2D eigenvalue weighted by Crippen LogP contribution is -2.50. The van der Waals surface area contributed by atoms with Gasteiger partial charge in [-0.25, -0.2) is 81.1 Å². The van der Waals surface area contributed by atoms with Gasteiger partial charge in [0, 0.05) is 196 Å². The van der Waals surface area contributed by atoms with Gasteiger partial charge in [-0.3, -0.25) is 19.2 Å². The van der Waals surface area contributed by atoms with Gasteiger partial charge in [-0.05, 0) is 209 Å². The third kappa shape index (κ3) is 27.8. The van der Waals surface area contributed by atoms with Gasteiger partial charge < -0.3 is 48.7 Å². The zero-order chi connectivity index (χ0) is 97.3. The minimum absolute atomic E-state index is 0.0146. The van der Waals surface area contributed by atoms with Crippen molar-refractivity contribution in [3.05, 3.63) is 221 Å². The predicted octanol–water partition coefficient (Wildman–Crippen LogP) is 14.8. The molecule has 0 saturated carbocycles. The number of halogens is 4. The number of ether oxygens (including phenoxy) is 2. The van der Waals surface area contributed by atoms with E-state index in [4.69, 9.17) is 29.4 Å². The Kier molecular flexibility index (Phi) is 35.5. The van der Waals surface area contributed by atoms with Gasteiger partial charge in [-0.2, -0.15) is 20.4 Å². The zero-order valence-corrected chi connectivity index (χ0v) is 81.4. The van der Waals surface area contributed by atoms with E-state index in [2.05, 4.69) is 126 Å². The third-order valence-electron chi connectivity index (χ3n) is 24.8. The number of benzene rings is 4. The van der Waals surface area contributed by atoms with Crippen LogP contribution in [0.25, 0.3) is 45.6 Å². The molecule has 0 bridgehead atoms. The Morgan fingerprint density at radius 1 is 0.336 bits per heavy atom. The van der Waals surface area contributed by atoms with E-state index >= 15 is 0 Å². The molecule has 31 nitrogen and oxygen atoms in total. The molecule has 4 fully saturated rings. The summed E-state index contributed by atoms with van der Waals surface area (Å²) in [5.41, 5.74) is 6.38. The molecule has 4 aliphatic rings. The minimum atomic E-state index is -0.258. The van der Waals surface area contributed by atoms with Gasteiger partial charge in [0.2, 0.25) is 29.6 Å². The molecular formula is C102H129F4N25O6. The topological polar surface area (TPSA) is 300 Å². The number of hydrogen-bond acceptors (Lipinski definition) is 23. The summed E-state index contributed by atoms with van der Waals surface area (Å²) in [7, 11) is 3.27. The van der Waals surface area contributed by atoms with E-state index in [1.165, 1.54) is 29.8 Å². The fourth-order valence-corrected chi connectivity index (χ4v) is 16.3. The molecule has 35 heteroatoms. The molecule has 16 rings (SSSR count). The number of carbonyl (C=O) groups excluding carboxylic acids is 4. The molecule has 4 aliphatic heterocycles. The Hall–Kier alpha value is -13.6. The average Bonchev–Trinajstić information content (AvgIpc) is 1.69. The fraction of sp³-hybridized carbons (Fsp3) is 0.461. The highest BCUT2D eigenvalue weighted by atomic mass is 19.1. The lowest BCUT2D eigenvalue weighted by atomic mass is 10.1. The summed E-state index contributed by atoms with van der Waals surface area (Å²) in [6.07, 6.45) is 17.7. The van der Waals surface area contributed by atoms with Crippen LogP contribution in [0.5, 0.6) is 11.5 Å². The molecule has 137 heavy (non-hydrogen) atoms. The van der Waals surface area contributed by atoms with Crippen LogP contribution in [0.3, 0.4) is 0 Å². The van der Waals surface area contributed by atoms with Crippen LogP contribution in [0.15, 0.2) is 146 Å². The number of rotatable bonds is 31. The van der Waals surface area contributed by atoms with Crippen LogP contribution in [-0.4, -0.2) is 246 Å². The van der Waals surface area contributed by atoms with Gasteiger partial charge in [-0.15, -0.1) is 0 Å². The van der Waals surface area contributed by atoms with Crippen molar-refractivity contribution < 1.29 is 46.2 Å². The Bertz CT molecular complexity index is 6010. The zero-order valence-electron chi connectivity index (χ0n) is 81.4. The lowest BCUT2D eigenvalue weighted by Gasteiger charge is -2.35. The summed E-state index contributed by atoms with van der Waals surface area (Å²) in [6.45, 7) is 35.3. The highest BCUT2D eigenvalue weighted by Crippen LogP contribution is 2.30. The van der Waals surface area contributed by atoms with E-state index in [-0.39, 0.29) is 73.1 Å². The molecule has 12 aromatic rings. The van der Waals surface area contributed by atoms with Gasteiger partial charge in [-0.1, -0.05) is 61.3 Å². The van der Waals surface area contributed by atoms with E-state index in [9.17, 15) is 36.7 Å². The Morgan fingerprint density at radius 2 is 0.620 bits per heavy atom. The van der Waals surface area contributed by atoms with Crippen LogP contribution < -0.4 is 29.1 Å². The number of methoxy groups -OCH3 is 2. The summed E-state index contributed by atoms with van der Waals surface area (Å²) in [6, 6.07) is 32.8. The van der Waals surface area contributed by atoms with E-state index in [1.807, 2.05) is 56.1 Å². The van der Waals surface area contributed by atoms with E-state index in [0.717, 1.165) is 152 Å². The van der Waals surface area contributed by atoms with E-state index in [1.54, 1.807) is 140 Å². The number of amides is 4. The molecule has 726 valence electrons. The highest BCUT2D eigenvalue weighted by molar-refractivity contribution is 5.79. The quantitative estimate of drug-likeness (QED) is 0.0288. The molecular weight excluding hydrogens is 1750 g/mol. The third-order valence-corrected chi connectivity index (χ3v) is 24.8. The number of pyridine rings is 3. The summed E-state index contributed by atoms with van der Waals surface area (Å²) in [5.74, 6) is 10.7. The second-order valence-corrected chi connectivity index (χ2v) is 36.5. The molecule has 0 spiro atoms. The van der Waals surface area contributed by atoms with Crippen molar-refractivity contribution in [1.29, 1.82) is 0 Å². The van der Waals surface area contributed by atoms with Crippen molar-refractivity contribution in [2.24, 2.45) is 17.8 Å². The Labute approximate surface area is 800 Å². The first-order valence-electron chi connectivity index (χ1n) is 47.6. The fourth-order valence-electron chi connectivity index (χ4n) is 16.3. The molecule has 8 aromatic heterocycles. The first-order chi connectivity index (χ1) is 66.0. The SMILES string of the molecule is CCCCCc1nc(-c2ccc(F)c(C)c2)nn1CC(=O)N1CCN(c2cc(OC)ccn2)CC1.COc1ccnc(N2CCN(C(=O)Cn3nc(-c4ccc(F)c(C)c4)nc3CCC(C)C)CC2)c1.Cc1cc(-c2nc(CCC(C)C)n(CC(=O)N3CCN(c4ncccn4)CC3)n2)ccc1F.Cc1ccnc(N2CCN(C(=O)Cn3nc(-c4ccc(F)c(C)c4)nc3CCC(C)C)CC2)c1. The van der Waals surface area contributed by atoms with E-state index in [0.29, 0.717) is 161 Å². The molecule has 4 aromatic carbocycles. The van der Waals surface area contributed by atoms with Gasteiger partial charge >= 0.3 is 0 Å². The number of anilines is 4. The number of piperazine rings is 4. The van der Waals surface area contributed by atoms with Gasteiger partial charge in [0.15, 0.2) is 23.3 Å². The molecule has 12 heterocycles. The highest BCUT2D eigenvalue weighted by Gasteiger charge is 2.31. The number of unbranched alkanes of at least 4 members (excludes halogenated alkanes) is 2. The maximum Gasteiger partial charge on any atom is 0.244 e. The average molecular weight is 1880 g/mol. The van der Waals surface area contributed by atoms with Gasteiger partial charge in [0.25, 0.3) is 0 Å². The Balaban J connectivity index is 0.000000154. The van der Waals surface area contributed by atoms with Crippen LogP contribution >= 0.6 is 0 Å². The van der Waals surface area contributed by atoms with Crippen molar-refractivity contribution in [3.63, 3.8) is 0 Å². The van der Waals surface area contributed by atoms with Crippen LogP contribution in [0, 0.1) is 75.6 Å². The summed E-state index contributed by atoms with van der Waals surface area (Å²) < 4.78 is 72.4. The molecule has 4 amide bonds. The van der Waals surface area contributed by atoms with Crippen molar-refractivity contribution in [3.8, 4) is 57.1 Å². The minimum Gasteiger partial charge on any atom is -0.497 e. The smallest absolute Gasteiger partial charge is 0.244 e. The van der Waals surface area contributed by atoms with Crippen molar-refractivity contribution in [2.75, 3.05) is 139 Å². The number of aromatic nitrogens is 17.